The van der Waals surface area contributed by atoms with Crippen molar-refractivity contribution in [1.82, 2.24) is 0 Å². The predicted octanol–water partition coefficient (Wildman–Crippen LogP) is 1.89. The molecule has 4 heteroatoms. The minimum atomic E-state index is -1.33. The van der Waals surface area contributed by atoms with Crippen LogP contribution in [0.4, 0.5) is 0 Å². The van der Waals surface area contributed by atoms with Gasteiger partial charge in [0.25, 0.3) is 0 Å². The maximum Gasteiger partial charge on any atom is 0.355 e. The van der Waals surface area contributed by atoms with Crippen molar-refractivity contribution in [2.24, 2.45) is 0 Å². The number of carbonyl (C=O) groups excluding carboxylic acids is 2. The van der Waals surface area contributed by atoms with Gasteiger partial charge in [-0.25, -0.2) is 9.59 Å². The molecule has 2 unspecified atom stereocenters. The van der Waals surface area contributed by atoms with E-state index in [1.807, 2.05) is 12.1 Å². The van der Waals surface area contributed by atoms with Crippen LogP contribution in [-0.2, 0) is 30.3 Å². The second-order valence-corrected chi connectivity index (χ2v) is 4.87. The Balaban J connectivity index is 1.93. The van der Waals surface area contributed by atoms with Gasteiger partial charge >= 0.3 is 11.9 Å². The van der Waals surface area contributed by atoms with E-state index in [2.05, 4.69) is 0 Å². The third-order valence-electron chi connectivity index (χ3n) is 3.88. The van der Waals surface area contributed by atoms with E-state index in [0.717, 1.165) is 0 Å². The zero-order chi connectivity index (χ0) is 13.8. The summed E-state index contributed by atoms with van der Waals surface area (Å²) in [6.07, 6.45) is 0. The average molecular weight is 266 g/mol. The quantitative estimate of drug-likeness (QED) is 0.473. The van der Waals surface area contributed by atoms with Crippen molar-refractivity contribution in [3.05, 3.63) is 71.8 Å². The van der Waals surface area contributed by atoms with Gasteiger partial charge in [-0.2, -0.15) is 0 Å². The third-order valence-corrected chi connectivity index (χ3v) is 3.88. The number of fused-ring (bicyclic) bond motifs is 1. The highest BCUT2D eigenvalue weighted by atomic mass is 16.7. The van der Waals surface area contributed by atoms with E-state index in [4.69, 9.17) is 9.47 Å². The van der Waals surface area contributed by atoms with E-state index in [0.29, 0.717) is 11.1 Å². The van der Waals surface area contributed by atoms with Crippen molar-refractivity contribution >= 4 is 11.9 Å². The standard InChI is InChI=1S/C16H10O4/c17-13-15(11-7-3-1-4-8-11)16(20-15,14(18)19-13)12-9-5-2-6-10-12/h1-10H. The molecule has 4 rings (SSSR count). The Labute approximate surface area is 114 Å². The first kappa shape index (κ1) is 11.4. The first-order chi connectivity index (χ1) is 9.72. The van der Waals surface area contributed by atoms with E-state index < -0.39 is 23.1 Å². The minimum Gasteiger partial charge on any atom is -0.388 e. The molecule has 0 amide bonds. The van der Waals surface area contributed by atoms with Crippen molar-refractivity contribution < 1.29 is 19.1 Å². The fourth-order valence-corrected chi connectivity index (χ4v) is 2.91. The lowest BCUT2D eigenvalue weighted by atomic mass is 9.83. The molecule has 2 aliphatic rings. The second-order valence-electron chi connectivity index (χ2n) is 4.87. The highest BCUT2D eigenvalue weighted by Crippen LogP contribution is 2.66. The molecular weight excluding hydrogens is 256 g/mol. The largest absolute Gasteiger partial charge is 0.388 e. The van der Waals surface area contributed by atoms with Crippen LogP contribution in [0, 0.1) is 0 Å². The first-order valence-electron chi connectivity index (χ1n) is 6.30. The maximum atomic E-state index is 12.2. The summed E-state index contributed by atoms with van der Waals surface area (Å²) in [5.41, 5.74) is -1.38. The molecule has 98 valence electrons. The fraction of sp³-hybridized carbons (Fsp3) is 0.125. The fourth-order valence-electron chi connectivity index (χ4n) is 2.91. The molecule has 0 radical (unpaired) electrons. The minimum absolute atomic E-state index is 0.639. The Bertz CT molecular complexity index is 648. The molecule has 0 spiro atoms. The van der Waals surface area contributed by atoms with Crippen molar-refractivity contribution in [2.75, 3.05) is 0 Å². The lowest BCUT2D eigenvalue weighted by Crippen LogP contribution is -2.25. The van der Waals surface area contributed by atoms with Gasteiger partial charge in [-0.1, -0.05) is 60.7 Å². The topological polar surface area (TPSA) is 55.9 Å². The van der Waals surface area contributed by atoms with Gasteiger partial charge in [0, 0.05) is 0 Å². The van der Waals surface area contributed by atoms with Crippen LogP contribution in [0.2, 0.25) is 0 Å². The van der Waals surface area contributed by atoms with Crippen LogP contribution in [0.3, 0.4) is 0 Å². The molecule has 4 nitrogen and oxygen atoms in total. The summed E-state index contributed by atoms with van der Waals surface area (Å²) in [5, 5.41) is 0. The van der Waals surface area contributed by atoms with E-state index in [1.54, 1.807) is 48.5 Å². The van der Waals surface area contributed by atoms with Crippen molar-refractivity contribution in [2.45, 2.75) is 11.2 Å². The van der Waals surface area contributed by atoms with Crippen molar-refractivity contribution in [3.63, 3.8) is 0 Å². The van der Waals surface area contributed by atoms with Crippen molar-refractivity contribution in [1.29, 1.82) is 0 Å². The summed E-state index contributed by atoms with van der Waals surface area (Å²) in [6.45, 7) is 0. The highest BCUT2D eigenvalue weighted by molar-refractivity contribution is 6.10. The van der Waals surface area contributed by atoms with Crippen LogP contribution >= 0.6 is 0 Å². The molecule has 2 aliphatic heterocycles. The molecule has 0 saturated carbocycles. The number of epoxide rings is 1. The summed E-state index contributed by atoms with van der Waals surface area (Å²) in [7, 11) is 0. The van der Waals surface area contributed by atoms with E-state index >= 15 is 0 Å². The van der Waals surface area contributed by atoms with Crippen LogP contribution in [0.5, 0.6) is 0 Å². The third kappa shape index (κ3) is 1.10. The van der Waals surface area contributed by atoms with E-state index in [1.165, 1.54) is 0 Å². The van der Waals surface area contributed by atoms with Gasteiger partial charge in [-0.3, -0.25) is 0 Å². The molecule has 0 aliphatic carbocycles. The van der Waals surface area contributed by atoms with E-state index in [9.17, 15) is 9.59 Å². The molecule has 2 aromatic rings. The molecule has 0 bridgehead atoms. The van der Waals surface area contributed by atoms with Gasteiger partial charge in [-0.05, 0) is 11.1 Å². The molecule has 20 heavy (non-hydrogen) atoms. The SMILES string of the molecule is O=C1OC(=O)C2(c3ccccc3)OC12c1ccccc1. The molecule has 2 saturated heterocycles. The van der Waals surface area contributed by atoms with Crippen LogP contribution < -0.4 is 0 Å². The summed E-state index contributed by atoms with van der Waals surface area (Å²) in [5.74, 6) is -1.28. The Kier molecular flexibility index (Phi) is 2.02. The second kappa shape index (κ2) is 3.55. The summed E-state index contributed by atoms with van der Waals surface area (Å²) >= 11 is 0. The monoisotopic (exact) mass is 266 g/mol. The Morgan fingerprint density at radius 3 is 1.45 bits per heavy atom. The summed E-state index contributed by atoms with van der Waals surface area (Å²) < 4.78 is 10.5. The smallest absolute Gasteiger partial charge is 0.355 e. The average Bonchev–Trinajstić information content (AvgIpc) is 3.16. The maximum absolute atomic E-state index is 12.2. The number of hydrogen-bond donors (Lipinski definition) is 0. The van der Waals surface area contributed by atoms with Crippen molar-refractivity contribution in [3.8, 4) is 0 Å². The molecular formula is C16H10O4. The number of rotatable bonds is 2. The van der Waals surface area contributed by atoms with Crippen LogP contribution in [0.15, 0.2) is 60.7 Å². The van der Waals surface area contributed by atoms with Crippen LogP contribution in [0.1, 0.15) is 11.1 Å². The molecule has 2 atom stereocenters. The van der Waals surface area contributed by atoms with Gasteiger partial charge in [0.15, 0.2) is 0 Å². The van der Waals surface area contributed by atoms with Gasteiger partial charge in [0.05, 0.1) is 0 Å². The zero-order valence-electron chi connectivity index (χ0n) is 10.4. The molecule has 2 aromatic carbocycles. The van der Waals surface area contributed by atoms with Gasteiger partial charge in [-0.15, -0.1) is 0 Å². The lowest BCUT2D eigenvalue weighted by molar-refractivity contribution is -0.164. The predicted molar refractivity (Wildman–Crippen MR) is 68.4 cm³/mol. The van der Waals surface area contributed by atoms with E-state index in [-0.39, 0.29) is 0 Å². The number of ether oxygens (including phenoxy) is 2. The Morgan fingerprint density at radius 1 is 0.650 bits per heavy atom. The molecule has 2 heterocycles. The Morgan fingerprint density at radius 2 is 1.05 bits per heavy atom. The van der Waals surface area contributed by atoms with Gasteiger partial charge in [0.2, 0.25) is 11.2 Å². The number of carbonyl (C=O) groups is 2. The lowest BCUT2D eigenvalue weighted by Gasteiger charge is -2.07. The van der Waals surface area contributed by atoms with Crippen LogP contribution in [0.25, 0.3) is 0 Å². The molecule has 0 N–H and O–H groups in total. The highest BCUT2D eigenvalue weighted by Gasteiger charge is 2.87. The van der Waals surface area contributed by atoms with Gasteiger partial charge < -0.3 is 9.47 Å². The number of esters is 2. The summed E-state index contributed by atoms with van der Waals surface area (Å²) in [4.78, 5) is 24.3. The number of benzene rings is 2. The molecule has 2 fully saturated rings. The first-order valence-corrected chi connectivity index (χ1v) is 6.30. The summed E-state index contributed by atoms with van der Waals surface area (Å²) in [6, 6.07) is 18.0. The number of cyclic esters (lactones) is 2. The molecule has 0 aromatic heterocycles. The number of hydrogen-bond acceptors (Lipinski definition) is 4. The van der Waals surface area contributed by atoms with Crippen LogP contribution in [-0.4, -0.2) is 11.9 Å². The zero-order valence-corrected chi connectivity index (χ0v) is 10.4. The Hall–Kier alpha value is -2.46. The normalized spacial score (nSPS) is 30.8. The van der Waals surface area contributed by atoms with Gasteiger partial charge in [0.1, 0.15) is 0 Å².